The zero-order valence-electron chi connectivity index (χ0n) is 50.6. The van der Waals surface area contributed by atoms with E-state index in [1.54, 1.807) is 0 Å². The molecule has 104 heavy (non-hydrogen) atoms. The van der Waals surface area contributed by atoms with Crippen LogP contribution in [0.4, 0.5) is 105 Å². The van der Waals surface area contributed by atoms with Crippen LogP contribution >= 0.6 is 0 Å². The van der Waals surface area contributed by atoms with Crippen molar-refractivity contribution in [2.75, 3.05) is 0 Å². The molecular formula is C72H26F24N8. The van der Waals surface area contributed by atoms with Gasteiger partial charge >= 0.3 is 49.4 Å². The summed E-state index contributed by atoms with van der Waals surface area (Å²) in [5.74, 6) is 18.3. The molecule has 3 aromatic heterocycles. The molecule has 8 bridgehead atoms. The largest absolute Gasteiger partial charge is 0.416 e. The van der Waals surface area contributed by atoms with Gasteiger partial charge in [0.05, 0.1) is 44.5 Å². The Kier molecular flexibility index (Phi) is 16.7. The van der Waals surface area contributed by atoms with E-state index in [4.69, 9.17) is 29.9 Å². The van der Waals surface area contributed by atoms with Gasteiger partial charge in [0, 0.05) is 88.3 Å². The van der Waals surface area contributed by atoms with Gasteiger partial charge in [0.15, 0.2) is 23.3 Å². The van der Waals surface area contributed by atoms with Gasteiger partial charge in [-0.3, -0.25) is 0 Å². The lowest BCUT2D eigenvalue weighted by molar-refractivity contribution is -0.144. The number of hydrogen-bond acceptors (Lipinski definition) is 6. The predicted molar refractivity (Wildman–Crippen MR) is 326 cm³/mol. The van der Waals surface area contributed by atoms with E-state index in [0.717, 1.165) is 0 Å². The van der Waals surface area contributed by atoms with Crippen molar-refractivity contribution in [3.8, 4) is 92.9 Å². The summed E-state index contributed by atoms with van der Waals surface area (Å²) in [5, 5.41) is 0.273. The highest BCUT2D eigenvalue weighted by Crippen LogP contribution is 2.44. The second-order valence-electron chi connectivity index (χ2n) is 22.8. The number of aromatic amines is 2. The average molecular weight is 1460 g/mol. The van der Waals surface area contributed by atoms with Gasteiger partial charge in [0.25, 0.3) is 0 Å². The normalized spacial score (nSPS) is 12.7. The molecule has 13 rings (SSSR count). The molecule has 5 heterocycles. The van der Waals surface area contributed by atoms with E-state index in [2.05, 4.69) is 57.3 Å². The summed E-state index contributed by atoms with van der Waals surface area (Å²) in [5.41, 5.74) is -17.1. The average Bonchev–Trinajstić information content (AvgIpc) is 1.57. The molecule has 8 aromatic carbocycles. The minimum Gasteiger partial charge on any atom is -0.324 e. The Hall–Kier alpha value is -12.3. The summed E-state index contributed by atoms with van der Waals surface area (Å²) in [6.07, 6.45) is -42.0. The molecule has 2 aliphatic heterocycles. The van der Waals surface area contributed by atoms with E-state index in [1.165, 1.54) is 72.8 Å². The quantitative estimate of drug-likeness (QED) is 0.116. The molecule has 2 aliphatic rings. The van der Waals surface area contributed by atoms with Gasteiger partial charge < -0.3 is 9.97 Å². The Bertz CT molecular complexity index is 5420. The molecule has 2 N–H and O–H groups in total. The van der Waals surface area contributed by atoms with Gasteiger partial charge in [-0.2, -0.15) is 105 Å². The van der Waals surface area contributed by atoms with Gasteiger partial charge in [-0.1, -0.05) is 47.4 Å². The van der Waals surface area contributed by atoms with Gasteiger partial charge in [0.1, 0.15) is 22.6 Å². The number of benzene rings is 8. The van der Waals surface area contributed by atoms with E-state index in [-0.39, 0.29) is 136 Å². The second-order valence-corrected chi connectivity index (χ2v) is 22.8. The summed E-state index contributed by atoms with van der Waals surface area (Å²) in [4.78, 5) is 34.6. The number of fused-ring (bicyclic) bond motifs is 20. The number of halogens is 24. The molecule has 8 nitrogen and oxygen atoms in total. The van der Waals surface area contributed by atoms with Crippen molar-refractivity contribution in [1.29, 1.82) is 0 Å². The first kappa shape index (κ1) is 70.1. The zero-order chi connectivity index (χ0) is 74.8. The summed E-state index contributed by atoms with van der Waals surface area (Å²) < 4.78 is 334. The Labute approximate surface area is 564 Å². The number of nitrogens with zero attached hydrogens (tertiary/aromatic N) is 6. The van der Waals surface area contributed by atoms with Crippen molar-refractivity contribution in [3.05, 3.63) is 235 Å². The van der Waals surface area contributed by atoms with Crippen molar-refractivity contribution in [1.82, 2.24) is 39.9 Å². The molecule has 0 saturated heterocycles. The lowest BCUT2D eigenvalue weighted by atomic mass is 10.0. The molecule has 0 saturated carbocycles. The van der Waals surface area contributed by atoms with E-state index in [1.807, 2.05) is 0 Å². The van der Waals surface area contributed by atoms with Crippen LogP contribution < -0.4 is 0 Å². The summed E-state index contributed by atoms with van der Waals surface area (Å²) in [6.45, 7) is 0. The molecule has 0 aliphatic carbocycles. The van der Waals surface area contributed by atoms with Gasteiger partial charge in [-0.05, 0) is 146 Å². The van der Waals surface area contributed by atoms with Gasteiger partial charge in [0.2, 0.25) is 0 Å². The number of nitrogens with one attached hydrogen (secondary N) is 2. The number of rotatable bonds is 0. The van der Waals surface area contributed by atoms with Crippen LogP contribution in [0.1, 0.15) is 89.0 Å². The van der Waals surface area contributed by atoms with Crippen LogP contribution in [0.3, 0.4) is 0 Å². The van der Waals surface area contributed by atoms with Crippen molar-refractivity contribution in [2.45, 2.75) is 49.4 Å². The van der Waals surface area contributed by atoms with Gasteiger partial charge in [-0.15, -0.1) is 0 Å². The monoisotopic (exact) mass is 1460 g/mol. The minimum absolute atomic E-state index is 0.00948. The van der Waals surface area contributed by atoms with E-state index in [9.17, 15) is 105 Å². The van der Waals surface area contributed by atoms with Crippen molar-refractivity contribution in [2.24, 2.45) is 0 Å². The highest BCUT2D eigenvalue weighted by molar-refractivity contribution is 6.07. The third-order valence-electron chi connectivity index (χ3n) is 15.6. The first-order chi connectivity index (χ1) is 48.4. The van der Waals surface area contributed by atoms with Crippen LogP contribution in [-0.2, 0) is 49.4 Å². The molecule has 0 fully saturated rings. The van der Waals surface area contributed by atoms with E-state index in [0.29, 0.717) is 48.5 Å². The van der Waals surface area contributed by atoms with Crippen LogP contribution in [-0.4, -0.2) is 39.9 Å². The number of aromatic nitrogens is 8. The molecule has 32 heteroatoms. The standard InChI is InChI=1S/C72H26F24N8/c73-65(74,75)41-17-37(18-42(29-41)66(76,77)78)5-1-33-9-13-49-53(25-33)61-97-57(49)102-62-55-27-35(3-7-39-21-45(69(85,86)87)31-46(22-39)70(88,89)90)11-15-51(55)59(99-62)104-64-56-28-36(4-8-40-23-47(71(91,92)93)32-48(24-40)72(94,95)96)12-16-52(56)60(100-64)103-63-54-26-34(10-14-50(54)58(98-63)101-61)2-6-38-19-43(67(79,80)81)30-44(20-38)68(82,83)84/h9-32H,(H2,97,98,99,100,101,102,103,104). The topological polar surface area (TPSA) is 109 Å². The molecule has 11 aromatic rings. The van der Waals surface area contributed by atoms with Crippen molar-refractivity contribution < 1.29 is 105 Å². The van der Waals surface area contributed by atoms with E-state index < -0.39 is 116 Å². The fourth-order valence-corrected chi connectivity index (χ4v) is 10.8. The first-order valence-corrected chi connectivity index (χ1v) is 29.1. The number of hydrogen-bond donors (Lipinski definition) is 2. The number of alkyl halides is 24. The van der Waals surface area contributed by atoms with Gasteiger partial charge in [-0.25, -0.2) is 29.9 Å². The fraction of sp³-hybridized carbons (Fsp3) is 0.111. The zero-order valence-corrected chi connectivity index (χ0v) is 50.6. The highest BCUT2D eigenvalue weighted by Gasteiger charge is 2.41. The summed E-state index contributed by atoms with van der Waals surface area (Å²) in [6, 6.07) is 18.2. The predicted octanol–water partition coefficient (Wildman–Crippen LogP) is 20.6. The maximum absolute atomic E-state index is 13.9. The van der Waals surface area contributed by atoms with Crippen LogP contribution in [0.15, 0.2) is 146 Å². The smallest absolute Gasteiger partial charge is 0.324 e. The van der Waals surface area contributed by atoms with Crippen molar-refractivity contribution >= 4 is 44.1 Å². The molecule has 0 atom stereocenters. The molecule has 0 spiro atoms. The highest BCUT2D eigenvalue weighted by atomic mass is 19.4. The maximum Gasteiger partial charge on any atom is 0.416 e. The second kappa shape index (κ2) is 24.7. The Morgan fingerprint density at radius 2 is 0.394 bits per heavy atom. The van der Waals surface area contributed by atoms with Crippen LogP contribution in [0, 0.1) is 47.4 Å². The molecule has 0 amide bonds. The lowest BCUT2D eigenvalue weighted by Crippen LogP contribution is -2.11. The lowest BCUT2D eigenvalue weighted by Gasteiger charge is -2.12. The molecule has 0 radical (unpaired) electrons. The summed E-state index contributed by atoms with van der Waals surface area (Å²) >= 11 is 0. The minimum atomic E-state index is -5.25. The maximum atomic E-state index is 13.9. The molecule has 522 valence electrons. The van der Waals surface area contributed by atoms with Crippen molar-refractivity contribution in [3.63, 3.8) is 0 Å². The van der Waals surface area contributed by atoms with Crippen LogP contribution in [0.5, 0.6) is 0 Å². The van der Waals surface area contributed by atoms with Crippen LogP contribution in [0.25, 0.3) is 89.7 Å². The summed E-state index contributed by atoms with van der Waals surface area (Å²) in [7, 11) is 0. The molecule has 0 unspecified atom stereocenters. The SMILES string of the molecule is FC(F)(F)c1cc(C#Cc2ccc3c(c2)-c2nc-3nc3[nH]c(nc4nc(nc5[nH]c(n2)c2ccc(C#Cc6cc(C(F)(F)F)cc(C(F)(F)F)c6)cc52)-c2ccc(C#Cc5cc(C(F)(F)F)cc(C(F)(F)F)c5)cc2-4)c2ccc(C#Cc4cc(C(F)(F)F)cc(C(F)(F)F)c4)cc32)cc(C(F)(F)F)c1. The van der Waals surface area contributed by atoms with E-state index >= 15 is 0 Å². The Morgan fingerprint density at radius 1 is 0.192 bits per heavy atom. The Morgan fingerprint density at radius 3 is 0.635 bits per heavy atom. The third-order valence-corrected chi connectivity index (χ3v) is 15.6. The third kappa shape index (κ3) is 14.6. The first-order valence-electron chi connectivity index (χ1n) is 29.1. The fourth-order valence-electron chi connectivity index (χ4n) is 10.8. The van der Waals surface area contributed by atoms with Crippen LogP contribution in [0.2, 0.25) is 0 Å². The number of H-pyrrole nitrogens is 2. The Balaban J connectivity index is 1.07. The molecular weight excluding hydrogens is 1430 g/mol.